The van der Waals surface area contributed by atoms with Crippen LogP contribution in [0.25, 0.3) is 11.2 Å². The van der Waals surface area contributed by atoms with E-state index >= 15 is 0 Å². The number of ether oxygens (including phenoxy) is 1. The van der Waals surface area contributed by atoms with E-state index in [-0.39, 0.29) is 6.10 Å². The van der Waals surface area contributed by atoms with E-state index in [9.17, 15) is 5.11 Å². The molecule has 0 atom stereocenters. The second kappa shape index (κ2) is 8.97. The SMILES string of the molecule is Cc1cc(Nc2ncnn3ccc(CN4CCC(O)CC4)c23)ccc1Oc1ccn2ncnc2c1. The molecule has 1 fully saturated rings. The number of fused-ring (bicyclic) bond motifs is 2. The number of nitrogens with one attached hydrogen (secondary N) is 1. The molecule has 0 spiro atoms. The molecule has 0 amide bonds. The first kappa shape index (κ1) is 21.5. The van der Waals surface area contributed by atoms with Crippen LogP contribution in [0.1, 0.15) is 24.0 Å². The number of piperidine rings is 1. The van der Waals surface area contributed by atoms with E-state index < -0.39 is 0 Å². The first-order valence-corrected chi connectivity index (χ1v) is 11.7. The number of aryl methyl sites for hydroxylation is 1. The molecule has 6 rings (SSSR count). The van der Waals surface area contributed by atoms with E-state index in [1.54, 1.807) is 10.8 Å². The van der Waals surface area contributed by atoms with Crippen molar-refractivity contribution in [3.05, 3.63) is 72.6 Å². The maximum Gasteiger partial charge on any atom is 0.158 e. The number of hydrogen-bond acceptors (Lipinski definition) is 8. The van der Waals surface area contributed by atoms with Crippen molar-refractivity contribution in [1.29, 1.82) is 0 Å². The highest BCUT2D eigenvalue weighted by atomic mass is 16.5. The van der Waals surface area contributed by atoms with Crippen molar-refractivity contribution < 1.29 is 9.84 Å². The smallest absolute Gasteiger partial charge is 0.158 e. The van der Waals surface area contributed by atoms with Gasteiger partial charge < -0.3 is 15.2 Å². The van der Waals surface area contributed by atoms with Crippen LogP contribution in [0.4, 0.5) is 11.5 Å². The second-order valence-electron chi connectivity index (χ2n) is 8.88. The van der Waals surface area contributed by atoms with Crippen molar-refractivity contribution in [3.8, 4) is 11.5 Å². The van der Waals surface area contributed by atoms with Crippen molar-refractivity contribution >= 4 is 22.7 Å². The number of aliphatic hydroxyl groups is 1. The van der Waals surface area contributed by atoms with Gasteiger partial charge in [0.1, 0.15) is 29.7 Å². The molecule has 1 saturated heterocycles. The van der Waals surface area contributed by atoms with Gasteiger partial charge in [-0.2, -0.15) is 10.2 Å². The quantitative estimate of drug-likeness (QED) is 0.388. The summed E-state index contributed by atoms with van der Waals surface area (Å²) in [6.45, 7) is 4.59. The number of rotatable bonds is 6. The Morgan fingerprint density at radius 2 is 1.80 bits per heavy atom. The van der Waals surface area contributed by atoms with Gasteiger partial charge in [-0.05, 0) is 61.2 Å². The summed E-state index contributed by atoms with van der Waals surface area (Å²) in [7, 11) is 0. The van der Waals surface area contributed by atoms with Gasteiger partial charge in [-0.15, -0.1) is 0 Å². The van der Waals surface area contributed by atoms with Gasteiger partial charge in [-0.25, -0.2) is 19.0 Å². The van der Waals surface area contributed by atoms with Crippen LogP contribution in [-0.4, -0.2) is 58.4 Å². The van der Waals surface area contributed by atoms with Gasteiger partial charge in [-0.3, -0.25) is 4.90 Å². The topological polar surface area (TPSA) is 105 Å². The average molecular weight is 471 g/mol. The van der Waals surface area contributed by atoms with Crippen LogP contribution in [-0.2, 0) is 6.54 Å². The standard InChI is InChI=1S/C25H26N8O2/c1-17-12-19(2-3-22(17)35-21-7-11-32-23(13-21)26-15-28-32)30-25-24-18(4-10-33(24)29-16-27-25)14-31-8-5-20(34)6-9-31/h2-4,7,10-13,15-16,20,34H,5-6,8-9,14H2,1H3,(H,27,29,30). The number of likely N-dealkylation sites (tertiary alicyclic amines) is 1. The Morgan fingerprint density at radius 1 is 1.00 bits per heavy atom. The Hall–Kier alpha value is -4.02. The van der Waals surface area contributed by atoms with Crippen molar-refractivity contribution in [2.45, 2.75) is 32.4 Å². The maximum absolute atomic E-state index is 9.81. The number of anilines is 2. The first-order chi connectivity index (χ1) is 17.1. The zero-order valence-corrected chi connectivity index (χ0v) is 19.4. The largest absolute Gasteiger partial charge is 0.457 e. The Kier molecular flexibility index (Phi) is 5.51. The van der Waals surface area contributed by atoms with Gasteiger partial charge in [0, 0.05) is 43.8 Å². The number of nitrogens with zero attached hydrogens (tertiary/aromatic N) is 7. The minimum absolute atomic E-state index is 0.182. The van der Waals surface area contributed by atoms with Crippen molar-refractivity contribution in [1.82, 2.24) is 34.1 Å². The van der Waals surface area contributed by atoms with E-state index in [0.717, 1.165) is 72.0 Å². The summed E-state index contributed by atoms with van der Waals surface area (Å²) in [4.78, 5) is 11.1. The van der Waals surface area contributed by atoms with E-state index in [2.05, 4.69) is 36.4 Å². The van der Waals surface area contributed by atoms with Crippen LogP contribution in [0.15, 0.2) is 61.4 Å². The third-order valence-electron chi connectivity index (χ3n) is 6.41. The fourth-order valence-electron chi connectivity index (χ4n) is 4.52. The summed E-state index contributed by atoms with van der Waals surface area (Å²) in [5.41, 5.74) is 4.75. The summed E-state index contributed by atoms with van der Waals surface area (Å²) < 4.78 is 9.65. The van der Waals surface area contributed by atoms with Gasteiger partial charge in [-0.1, -0.05) is 0 Å². The Morgan fingerprint density at radius 3 is 2.66 bits per heavy atom. The molecular formula is C25H26N8O2. The zero-order valence-electron chi connectivity index (χ0n) is 19.4. The first-order valence-electron chi connectivity index (χ1n) is 11.7. The lowest BCUT2D eigenvalue weighted by molar-refractivity contribution is 0.0794. The van der Waals surface area contributed by atoms with Gasteiger partial charge in [0.25, 0.3) is 0 Å². The third-order valence-corrected chi connectivity index (χ3v) is 6.41. The monoisotopic (exact) mass is 470 g/mol. The molecule has 0 unspecified atom stereocenters. The summed E-state index contributed by atoms with van der Waals surface area (Å²) in [6, 6.07) is 11.8. The molecule has 0 bridgehead atoms. The average Bonchev–Trinajstić information content (AvgIpc) is 3.50. The second-order valence-corrected chi connectivity index (χ2v) is 8.88. The number of benzene rings is 1. The van der Waals surface area contributed by atoms with Crippen molar-refractivity contribution in [2.75, 3.05) is 18.4 Å². The highest BCUT2D eigenvalue weighted by Crippen LogP contribution is 2.30. The molecule has 2 N–H and O–H groups in total. The molecular weight excluding hydrogens is 444 g/mol. The van der Waals surface area contributed by atoms with Crippen LogP contribution in [0.3, 0.4) is 0 Å². The highest BCUT2D eigenvalue weighted by molar-refractivity contribution is 5.76. The van der Waals surface area contributed by atoms with E-state index in [1.807, 2.05) is 54.2 Å². The third kappa shape index (κ3) is 4.41. The summed E-state index contributed by atoms with van der Waals surface area (Å²) >= 11 is 0. The van der Waals surface area contributed by atoms with Gasteiger partial charge >= 0.3 is 0 Å². The van der Waals surface area contributed by atoms with Gasteiger partial charge in [0.2, 0.25) is 0 Å². The Balaban J connectivity index is 1.22. The molecule has 0 aliphatic carbocycles. The van der Waals surface area contributed by atoms with Crippen LogP contribution in [0, 0.1) is 6.92 Å². The molecule has 178 valence electrons. The molecule has 10 heteroatoms. The molecule has 10 nitrogen and oxygen atoms in total. The lowest BCUT2D eigenvalue weighted by Crippen LogP contribution is -2.35. The Bertz CT molecular complexity index is 1490. The lowest BCUT2D eigenvalue weighted by Gasteiger charge is -2.29. The Labute approximate surface area is 201 Å². The number of aliphatic hydroxyl groups excluding tert-OH is 1. The molecule has 0 saturated carbocycles. The minimum atomic E-state index is -0.182. The van der Waals surface area contributed by atoms with Crippen LogP contribution in [0.5, 0.6) is 11.5 Å². The van der Waals surface area contributed by atoms with E-state index in [4.69, 9.17) is 4.74 Å². The van der Waals surface area contributed by atoms with Crippen molar-refractivity contribution in [2.24, 2.45) is 0 Å². The normalized spacial score (nSPS) is 15.1. The van der Waals surface area contributed by atoms with Crippen LogP contribution >= 0.6 is 0 Å². The summed E-state index contributed by atoms with van der Waals surface area (Å²) in [5, 5.41) is 21.8. The maximum atomic E-state index is 9.81. The number of hydrogen-bond donors (Lipinski definition) is 2. The van der Waals surface area contributed by atoms with Crippen LogP contribution < -0.4 is 10.1 Å². The summed E-state index contributed by atoms with van der Waals surface area (Å²) in [6.07, 6.45) is 8.30. The summed E-state index contributed by atoms with van der Waals surface area (Å²) in [5.74, 6) is 2.22. The van der Waals surface area contributed by atoms with Crippen LogP contribution in [0.2, 0.25) is 0 Å². The molecule has 35 heavy (non-hydrogen) atoms. The molecule has 5 heterocycles. The zero-order chi connectivity index (χ0) is 23.8. The number of pyridine rings is 1. The molecule has 1 aromatic carbocycles. The van der Waals surface area contributed by atoms with Crippen molar-refractivity contribution in [3.63, 3.8) is 0 Å². The number of aromatic nitrogens is 6. The highest BCUT2D eigenvalue weighted by Gasteiger charge is 2.19. The molecule has 0 radical (unpaired) electrons. The van der Waals surface area contributed by atoms with E-state index in [1.165, 1.54) is 6.33 Å². The fourth-order valence-corrected chi connectivity index (χ4v) is 4.52. The molecule has 1 aliphatic rings. The molecule has 1 aliphatic heterocycles. The predicted molar refractivity (Wildman–Crippen MR) is 131 cm³/mol. The van der Waals surface area contributed by atoms with E-state index in [0.29, 0.717) is 5.75 Å². The predicted octanol–water partition coefficient (Wildman–Crippen LogP) is 3.57. The lowest BCUT2D eigenvalue weighted by atomic mass is 10.1. The molecule has 5 aromatic rings. The van der Waals surface area contributed by atoms with Gasteiger partial charge in [0.15, 0.2) is 11.5 Å². The minimum Gasteiger partial charge on any atom is -0.457 e. The molecule has 4 aromatic heterocycles. The fraction of sp³-hybridized carbons (Fsp3) is 0.280. The van der Waals surface area contributed by atoms with Gasteiger partial charge in [0.05, 0.1) is 6.10 Å².